The Morgan fingerprint density at radius 3 is 2.57 bits per heavy atom. The Morgan fingerprint density at radius 2 is 1.91 bits per heavy atom. The summed E-state index contributed by atoms with van der Waals surface area (Å²) < 4.78 is 28.5. The standard InChI is InChI=1S/C17H13ClF2N2O/c1-9(21)15-7-10-3-2-4-12(18)16(10)17(23)22(15)14-6-5-11(19)8-13(14)20/h2-9H,21H2,1H3/t9-/m0/s1. The SMILES string of the molecule is C[C@H](N)c1cc2cccc(Cl)c2c(=O)n1-c1ccc(F)cc1F. The molecule has 2 aromatic carbocycles. The summed E-state index contributed by atoms with van der Waals surface area (Å²) in [5.74, 6) is -1.57. The number of hydrogen-bond acceptors (Lipinski definition) is 2. The summed E-state index contributed by atoms with van der Waals surface area (Å²) in [5, 5.41) is 1.15. The number of fused-ring (bicyclic) bond motifs is 1. The lowest BCUT2D eigenvalue weighted by Crippen LogP contribution is -2.26. The van der Waals surface area contributed by atoms with Crippen molar-refractivity contribution >= 4 is 22.4 Å². The second-order valence-electron chi connectivity index (χ2n) is 5.30. The van der Waals surface area contributed by atoms with Crippen molar-refractivity contribution in [2.24, 2.45) is 5.73 Å². The van der Waals surface area contributed by atoms with E-state index in [1.807, 2.05) is 0 Å². The molecule has 3 aromatic rings. The van der Waals surface area contributed by atoms with Gasteiger partial charge in [-0.3, -0.25) is 9.36 Å². The van der Waals surface area contributed by atoms with Crippen LogP contribution < -0.4 is 11.3 Å². The minimum Gasteiger partial charge on any atom is -0.323 e. The summed E-state index contributed by atoms with van der Waals surface area (Å²) >= 11 is 6.12. The molecule has 0 spiro atoms. The lowest BCUT2D eigenvalue weighted by molar-refractivity contribution is 0.573. The molecular weight excluding hydrogens is 322 g/mol. The van der Waals surface area contributed by atoms with Crippen molar-refractivity contribution in [1.82, 2.24) is 4.57 Å². The molecule has 0 saturated carbocycles. The van der Waals surface area contributed by atoms with Crippen LogP contribution in [-0.2, 0) is 0 Å². The third-order valence-electron chi connectivity index (χ3n) is 3.64. The third kappa shape index (κ3) is 2.62. The van der Waals surface area contributed by atoms with Gasteiger partial charge in [0.25, 0.3) is 5.56 Å². The van der Waals surface area contributed by atoms with Crippen molar-refractivity contribution < 1.29 is 8.78 Å². The highest BCUT2D eigenvalue weighted by atomic mass is 35.5. The van der Waals surface area contributed by atoms with E-state index in [4.69, 9.17) is 17.3 Å². The van der Waals surface area contributed by atoms with Crippen molar-refractivity contribution in [3.8, 4) is 5.69 Å². The molecule has 1 heterocycles. The zero-order chi connectivity index (χ0) is 16.7. The molecule has 0 aliphatic rings. The van der Waals surface area contributed by atoms with Crippen LogP contribution in [0.25, 0.3) is 16.5 Å². The molecular formula is C17H13ClF2N2O. The number of rotatable bonds is 2. The van der Waals surface area contributed by atoms with Gasteiger partial charge in [0.15, 0.2) is 0 Å². The van der Waals surface area contributed by atoms with Crippen molar-refractivity contribution in [1.29, 1.82) is 0 Å². The quantitative estimate of drug-likeness (QED) is 0.771. The molecule has 0 amide bonds. The first-order valence-electron chi connectivity index (χ1n) is 6.95. The third-order valence-corrected chi connectivity index (χ3v) is 3.96. The van der Waals surface area contributed by atoms with E-state index in [0.717, 1.165) is 16.7 Å². The fourth-order valence-corrected chi connectivity index (χ4v) is 2.85. The second kappa shape index (κ2) is 5.76. The first kappa shape index (κ1) is 15.6. The summed E-state index contributed by atoms with van der Waals surface area (Å²) in [4.78, 5) is 12.9. The molecule has 2 N–H and O–H groups in total. The van der Waals surface area contributed by atoms with Crippen LogP contribution >= 0.6 is 11.6 Å². The van der Waals surface area contributed by atoms with Gasteiger partial charge in [-0.25, -0.2) is 8.78 Å². The first-order valence-corrected chi connectivity index (χ1v) is 7.33. The van der Waals surface area contributed by atoms with Crippen LogP contribution in [0.4, 0.5) is 8.78 Å². The molecule has 0 aliphatic heterocycles. The Bertz CT molecular complexity index is 967. The van der Waals surface area contributed by atoms with E-state index < -0.39 is 23.2 Å². The van der Waals surface area contributed by atoms with Gasteiger partial charge in [-0.15, -0.1) is 0 Å². The smallest absolute Gasteiger partial charge is 0.264 e. The minimum absolute atomic E-state index is 0.0643. The number of halogens is 3. The highest BCUT2D eigenvalue weighted by Crippen LogP contribution is 2.25. The maximum Gasteiger partial charge on any atom is 0.264 e. The fraction of sp³-hybridized carbons (Fsp3) is 0.118. The Hall–Kier alpha value is -2.24. The van der Waals surface area contributed by atoms with E-state index >= 15 is 0 Å². The van der Waals surface area contributed by atoms with Gasteiger partial charge in [-0.05, 0) is 36.6 Å². The number of nitrogens with two attached hydrogens (primary N) is 1. The van der Waals surface area contributed by atoms with Gasteiger partial charge in [-0.1, -0.05) is 23.7 Å². The monoisotopic (exact) mass is 334 g/mol. The predicted octanol–water partition coefficient (Wildman–Crippen LogP) is 3.94. The number of hydrogen-bond donors (Lipinski definition) is 1. The topological polar surface area (TPSA) is 48.0 Å². The van der Waals surface area contributed by atoms with Crippen LogP contribution in [0.5, 0.6) is 0 Å². The molecule has 3 nitrogen and oxygen atoms in total. The Labute approximate surface area is 135 Å². The summed E-state index contributed by atoms with van der Waals surface area (Å²) in [6.07, 6.45) is 0. The van der Waals surface area contributed by atoms with Gasteiger partial charge in [0.2, 0.25) is 0 Å². The van der Waals surface area contributed by atoms with Crippen LogP contribution in [0.2, 0.25) is 5.02 Å². The van der Waals surface area contributed by atoms with Gasteiger partial charge in [0, 0.05) is 17.8 Å². The number of aromatic nitrogens is 1. The van der Waals surface area contributed by atoms with Crippen molar-refractivity contribution in [3.05, 3.63) is 75.2 Å². The summed E-state index contributed by atoms with van der Waals surface area (Å²) in [7, 11) is 0. The molecule has 23 heavy (non-hydrogen) atoms. The summed E-state index contributed by atoms with van der Waals surface area (Å²) in [6, 6.07) is 9.22. The Kier molecular flexibility index (Phi) is 3.92. The lowest BCUT2D eigenvalue weighted by Gasteiger charge is -2.18. The average molecular weight is 335 g/mol. The van der Waals surface area contributed by atoms with Gasteiger partial charge in [0.05, 0.1) is 16.1 Å². The first-order chi connectivity index (χ1) is 10.9. The van der Waals surface area contributed by atoms with Gasteiger partial charge >= 0.3 is 0 Å². The number of nitrogens with zero attached hydrogens (tertiary/aromatic N) is 1. The van der Waals surface area contributed by atoms with E-state index in [9.17, 15) is 13.6 Å². The molecule has 1 aromatic heterocycles. The normalized spacial score (nSPS) is 12.6. The van der Waals surface area contributed by atoms with Crippen LogP contribution in [-0.4, -0.2) is 4.57 Å². The van der Waals surface area contributed by atoms with Crippen LogP contribution in [0.3, 0.4) is 0 Å². The van der Waals surface area contributed by atoms with Gasteiger partial charge < -0.3 is 5.73 Å². The Balaban J connectivity index is 2.47. The molecule has 0 unspecified atom stereocenters. The molecule has 1 atom stereocenters. The molecule has 0 bridgehead atoms. The summed E-state index contributed by atoms with van der Waals surface area (Å²) in [6.45, 7) is 1.68. The molecule has 0 aliphatic carbocycles. The zero-order valence-electron chi connectivity index (χ0n) is 12.2. The molecule has 0 fully saturated rings. The minimum atomic E-state index is -0.847. The highest BCUT2D eigenvalue weighted by molar-refractivity contribution is 6.35. The zero-order valence-corrected chi connectivity index (χ0v) is 12.9. The van der Waals surface area contributed by atoms with Crippen molar-refractivity contribution in [2.75, 3.05) is 0 Å². The van der Waals surface area contributed by atoms with Gasteiger partial charge in [-0.2, -0.15) is 0 Å². The van der Waals surface area contributed by atoms with E-state index in [0.29, 0.717) is 11.1 Å². The highest BCUT2D eigenvalue weighted by Gasteiger charge is 2.18. The predicted molar refractivity (Wildman–Crippen MR) is 87.1 cm³/mol. The second-order valence-corrected chi connectivity index (χ2v) is 5.71. The molecule has 0 radical (unpaired) electrons. The van der Waals surface area contributed by atoms with E-state index in [1.165, 1.54) is 6.07 Å². The lowest BCUT2D eigenvalue weighted by atomic mass is 10.1. The average Bonchev–Trinajstić information content (AvgIpc) is 2.48. The van der Waals surface area contributed by atoms with Crippen LogP contribution in [0.15, 0.2) is 47.3 Å². The molecule has 0 saturated heterocycles. The van der Waals surface area contributed by atoms with Gasteiger partial charge in [0.1, 0.15) is 11.6 Å². The maximum absolute atomic E-state index is 14.2. The maximum atomic E-state index is 14.2. The largest absolute Gasteiger partial charge is 0.323 e. The van der Waals surface area contributed by atoms with E-state index in [2.05, 4.69) is 0 Å². The van der Waals surface area contributed by atoms with E-state index in [1.54, 1.807) is 31.2 Å². The molecule has 3 rings (SSSR count). The summed E-state index contributed by atoms with van der Waals surface area (Å²) in [5.41, 5.74) is 5.79. The van der Waals surface area contributed by atoms with Crippen molar-refractivity contribution in [2.45, 2.75) is 13.0 Å². The number of pyridine rings is 1. The molecule has 118 valence electrons. The van der Waals surface area contributed by atoms with Crippen LogP contribution in [0.1, 0.15) is 18.7 Å². The molecule has 6 heteroatoms. The fourth-order valence-electron chi connectivity index (χ4n) is 2.59. The number of benzene rings is 2. The Morgan fingerprint density at radius 1 is 1.17 bits per heavy atom. The van der Waals surface area contributed by atoms with Crippen LogP contribution in [0, 0.1) is 11.6 Å². The van der Waals surface area contributed by atoms with Crippen molar-refractivity contribution in [3.63, 3.8) is 0 Å². The van der Waals surface area contributed by atoms with E-state index in [-0.39, 0.29) is 16.1 Å².